The van der Waals surface area contributed by atoms with Crippen molar-refractivity contribution in [2.24, 2.45) is 5.92 Å². The first-order valence-corrected chi connectivity index (χ1v) is 4.51. The van der Waals surface area contributed by atoms with Crippen LogP contribution in [-0.4, -0.2) is 13.2 Å². The SMILES string of the molecule is C=C(F)/C=C(/C)C[C@@H](OC)C(C)C. The van der Waals surface area contributed by atoms with Crippen LogP contribution in [-0.2, 0) is 4.74 Å². The Kier molecular flexibility index (Phi) is 5.63. The molecular weight excluding hydrogens is 167 g/mol. The Bertz CT molecular complexity index is 194. The van der Waals surface area contributed by atoms with Gasteiger partial charge >= 0.3 is 0 Å². The predicted molar refractivity (Wildman–Crippen MR) is 54.3 cm³/mol. The average molecular weight is 186 g/mol. The van der Waals surface area contributed by atoms with Crippen molar-refractivity contribution in [1.82, 2.24) is 0 Å². The average Bonchev–Trinajstić information content (AvgIpc) is 1.98. The second-order valence-corrected chi connectivity index (χ2v) is 3.66. The van der Waals surface area contributed by atoms with Crippen molar-refractivity contribution in [2.45, 2.75) is 33.3 Å². The second-order valence-electron chi connectivity index (χ2n) is 3.66. The number of halogens is 1. The molecule has 0 heterocycles. The molecule has 2 heteroatoms. The number of hydrogen-bond acceptors (Lipinski definition) is 1. The van der Waals surface area contributed by atoms with E-state index < -0.39 is 5.83 Å². The summed E-state index contributed by atoms with van der Waals surface area (Å²) >= 11 is 0. The van der Waals surface area contributed by atoms with E-state index in [9.17, 15) is 4.39 Å². The smallest absolute Gasteiger partial charge is 0.115 e. The summed E-state index contributed by atoms with van der Waals surface area (Å²) < 4.78 is 17.7. The molecule has 0 aliphatic heterocycles. The third kappa shape index (κ3) is 5.58. The van der Waals surface area contributed by atoms with E-state index >= 15 is 0 Å². The summed E-state index contributed by atoms with van der Waals surface area (Å²) in [6.45, 7) is 9.26. The van der Waals surface area contributed by atoms with Gasteiger partial charge in [-0.05, 0) is 25.3 Å². The van der Waals surface area contributed by atoms with Crippen LogP contribution in [0.3, 0.4) is 0 Å². The summed E-state index contributed by atoms with van der Waals surface area (Å²) in [5.41, 5.74) is 0.966. The molecule has 0 aliphatic carbocycles. The van der Waals surface area contributed by atoms with Gasteiger partial charge in [0.15, 0.2) is 0 Å². The van der Waals surface area contributed by atoms with Crippen molar-refractivity contribution < 1.29 is 9.13 Å². The number of rotatable bonds is 5. The zero-order valence-corrected chi connectivity index (χ0v) is 8.93. The van der Waals surface area contributed by atoms with Crippen LogP contribution in [0, 0.1) is 5.92 Å². The van der Waals surface area contributed by atoms with Crippen LogP contribution in [0.2, 0.25) is 0 Å². The summed E-state index contributed by atoms with van der Waals surface area (Å²) in [6, 6.07) is 0. The largest absolute Gasteiger partial charge is 0.381 e. The first-order valence-electron chi connectivity index (χ1n) is 4.51. The lowest BCUT2D eigenvalue weighted by atomic mass is 9.99. The van der Waals surface area contributed by atoms with Gasteiger partial charge in [-0.2, -0.15) is 0 Å². The van der Waals surface area contributed by atoms with Crippen LogP contribution < -0.4 is 0 Å². The van der Waals surface area contributed by atoms with E-state index in [1.807, 2.05) is 6.92 Å². The van der Waals surface area contributed by atoms with Gasteiger partial charge in [-0.25, -0.2) is 4.39 Å². The standard InChI is InChI=1S/C11H19FO/c1-8(2)11(13-5)7-9(3)6-10(4)12/h6,8,11H,4,7H2,1-3,5H3/b9-6-/t11-/m1/s1. The fourth-order valence-corrected chi connectivity index (χ4v) is 1.23. The Labute approximate surface area is 80.3 Å². The van der Waals surface area contributed by atoms with E-state index in [2.05, 4.69) is 20.4 Å². The summed E-state index contributed by atoms with van der Waals surface area (Å²) in [7, 11) is 1.68. The van der Waals surface area contributed by atoms with Gasteiger partial charge in [0.05, 0.1) is 6.10 Å². The van der Waals surface area contributed by atoms with Gasteiger partial charge in [0.2, 0.25) is 0 Å². The van der Waals surface area contributed by atoms with Crippen LogP contribution in [0.5, 0.6) is 0 Å². The van der Waals surface area contributed by atoms with Crippen molar-refractivity contribution in [1.29, 1.82) is 0 Å². The zero-order chi connectivity index (χ0) is 10.4. The lowest BCUT2D eigenvalue weighted by Gasteiger charge is -2.19. The molecule has 0 amide bonds. The molecule has 1 nitrogen and oxygen atoms in total. The molecule has 0 aromatic rings. The van der Waals surface area contributed by atoms with Crippen LogP contribution >= 0.6 is 0 Å². The van der Waals surface area contributed by atoms with E-state index in [0.717, 1.165) is 12.0 Å². The number of methoxy groups -OCH3 is 1. The van der Waals surface area contributed by atoms with Crippen LogP contribution in [0.25, 0.3) is 0 Å². The molecule has 0 fully saturated rings. The maximum Gasteiger partial charge on any atom is 0.115 e. The predicted octanol–water partition coefficient (Wildman–Crippen LogP) is 3.48. The molecule has 0 aromatic heterocycles. The lowest BCUT2D eigenvalue weighted by molar-refractivity contribution is 0.0654. The Hall–Kier alpha value is -0.630. The number of allylic oxidation sites excluding steroid dienone is 2. The highest BCUT2D eigenvalue weighted by Gasteiger charge is 2.12. The van der Waals surface area contributed by atoms with Crippen molar-refractivity contribution in [2.75, 3.05) is 7.11 Å². The monoisotopic (exact) mass is 186 g/mol. The van der Waals surface area contributed by atoms with E-state index in [0.29, 0.717) is 5.92 Å². The van der Waals surface area contributed by atoms with Crippen molar-refractivity contribution in [3.8, 4) is 0 Å². The molecule has 0 N–H and O–H groups in total. The highest BCUT2D eigenvalue weighted by molar-refractivity contribution is 5.14. The highest BCUT2D eigenvalue weighted by atomic mass is 19.1. The van der Waals surface area contributed by atoms with Gasteiger partial charge in [-0.1, -0.05) is 26.0 Å². The van der Waals surface area contributed by atoms with Crippen LogP contribution in [0.15, 0.2) is 24.1 Å². The Morgan fingerprint density at radius 2 is 2.08 bits per heavy atom. The van der Waals surface area contributed by atoms with E-state index in [-0.39, 0.29) is 6.10 Å². The molecule has 13 heavy (non-hydrogen) atoms. The van der Waals surface area contributed by atoms with Gasteiger partial charge < -0.3 is 4.74 Å². The number of ether oxygens (including phenoxy) is 1. The van der Waals surface area contributed by atoms with Crippen molar-refractivity contribution in [3.05, 3.63) is 24.1 Å². The Morgan fingerprint density at radius 1 is 1.54 bits per heavy atom. The van der Waals surface area contributed by atoms with Gasteiger partial charge in [-0.15, -0.1) is 0 Å². The first-order chi connectivity index (χ1) is 5.97. The Morgan fingerprint density at radius 3 is 2.38 bits per heavy atom. The molecule has 1 atom stereocenters. The summed E-state index contributed by atoms with van der Waals surface area (Å²) in [5, 5.41) is 0. The first kappa shape index (κ1) is 12.4. The molecule has 0 radical (unpaired) electrons. The van der Waals surface area contributed by atoms with Gasteiger partial charge in [0, 0.05) is 7.11 Å². The highest BCUT2D eigenvalue weighted by Crippen LogP contribution is 2.16. The molecule has 76 valence electrons. The molecular formula is C11H19FO. The quantitative estimate of drug-likeness (QED) is 0.597. The summed E-state index contributed by atoms with van der Waals surface area (Å²) in [5.74, 6) is 0.0531. The summed E-state index contributed by atoms with van der Waals surface area (Å²) in [6.07, 6.45) is 2.38. The lowest BCUT2D eigenvalue weighted by Crippen LogP contribution is -2.18. The maximum atomic E-state index is 12.4. The molecule has 0 aromatic carbocycles. The fourth-order valence-electron chi connectivity index (χ4n) is 1.23. The van der Waals surface area contributed by atoms with E-state index in [1.165, 1.54) is 6.08 Å². The molecule has 0 aliphatic rings. The molecule has 0 saturated heterocycles. The molecule has 0 spiro atoms. The van der Waals surface area contributed by atoms with Crippen LogP contribution in [0.1, 0.15) is 27.2 Å². The maximum absolute atomic E-state index is 12.4. The normalized spacial score (nSPS) is 14.8. The van der Waals surface area contributed by atoms with Crippen LogP contribution in [0.4, 0.5) is 4.39 Å². The minimum absolute atomic E-state index is 0.163. The third-order valence-electron chi connectivity index (χ3n) is 1.97. The van der Waals surface area contributed by atoms with E-state index in [4.69, 9.17) is 4.74 Å². The summed E-state index contributed by atoms with van der Waals surface area (Å²) in [4.78, 5) is 0. The minimum atomic E-state index is -0.392. The topological polar surface area (TPSA) is 9.23 Å². The minimum Gasteiger partial charge on any atom is -0.381 e. The molecule has 0 unspecified atom stereocenters. The number of hydrogen-bond donors (Lipinski definition) is 0. The molecule has 0 bridgehead atoms. The molecule has 0 saturated carbocycles. The van der Waals surface area contributed by atoms with Gasteiger partial charge in [-0.3, -0.25) is 0 Å². The Balaban J connectivity index is 4.16. The van der Waals surface area contributed by atoms with Gasteiger partial charge in [0.25, 0.3) is 0 Å². The zero-order valence-electron chi connectivity index (χ0n) is 8.93. The van der Waals surface area contributed by atoms with Crippen molar-refractivity contribution >= 4 is 0 Å². The van der Waals surface area contributed by atoms with Crippen molar-refractivity contribution in [3.63, 3.8) is 0 Å². The second kappa shape index (κ2) is 5.92. The van der Waals surface area contributed by atoms with E-state index in [1.54, 1.807) is 7.11 Å². The third-order valence-corrected chi connectivity index (χ3v) is 1.97. The van der Waals surface area contributed by atoms with Gasteiger partial charge in [0.1, 0.15) is 5.83 Å². The fraction of sp³-hybridized carbons (Fsp3) is 0.636. The molecule has 0 rings (SSSR count).